The number of amides is 1. The van der Waals surface area contributed by atoms with Crippen molar-refractivity contribution in [2.24, 2.45) is 0 Å². The van der Waals surface area contributed by atoms with Crippen molar-refractivity contribution in [1.82, 2.24) is 23.9 Å². The first-order valence-corrected chi connectivity index (χ1v) is 9.94. The van der Waals surface area contributed by atoms with Crippen LogP contribution in [0.25, 0.3) is 0 Å². The minimum Gasteiger partial charge on any atom is -0.339 e. The third kappa shape index (κ3) is 5.02. The second kappa shape index (κ2) is 7.62. The van der Waals surface area contributed by atoms with Crippen molar-refractivity contribution in [3.8, 4) is 0 Å². The van der Waals surface area contributed by atoms with Crippen LogP contribution in [-0.2, 0) is 21.4 Å². The van der Waals surface area contributed by atoms with Crippen molar-refractivity contribution in [2.75, 3.05) is 52.6 Å². The number of hydrogen-bond donors (Lipinski definition) is 0. The molecule has 24 heavy (non-hydrogen) atoms. The Bertz CT molecular complexity index is 677. The topological polar surface area (TPSA) is 78.8 Å². The van der Waals surface area contributed by atoms with E-state index in [2.05, 4.69) is 23.0 Å². The van der Waals surface area contributed by atoms with Crippen LogP contribution in [0, 0.1) is 13.8 Å². The highest BCUT2D eigenvalue weighted by Gasteiger charge is 2.24. The number of aromatic nitrogens is 2. The summed E-state index contributed by atoms with van der Waals surface area (Å²) < 4.78 is 25.9. The number of rotatable bonds is 6. The molecule has 0 spiro atoms. The van der Waals surface area contributed by atoms with Crippen LogP contribution in [-0.4, -0.2) is 90.8 Å². The SMILES string of the molecule is Cc1cc(C)n(CCN2CCN(C(=O)CN(C)S(C)(=O)=O)CC2)n1. The minimum atomic E-state index is -3.32. The Morgan fingerprint density at radius 2 is 1.83 bits per heavy atom. The van der Waals surface area contributed by atoms with Crippen LogP contribution >= 0.6 is 0 Å². The second-order valence-corrected chi connectivity index (χ2v) is 8.48. The normalized spacial score (nSPS) is 16.8. The third-order valence-corrected chi connectivity index (χ3v) is 5.64. The average molecular weight is 357 g/mol. The van der Waals surface area contributed by atoms with Gasteiger partial charge in [-0.3, -0.25) is 14.4 Å². The monoisotopic (exact) mass is 357 g/mol. The van der Waals surface area contributed by atoms with Crippen molar-refractivity contribution in [2.45, 2.75) is 20.4 Å². The summed E-state index contributed by atoms with van der Waals surface area (Å²) in [7, 11) is -1.89. The van der Waals surface area contributed by atoms with E-state index in [1.165, 1.54) is 7.05 Å². The summed E-state index contributed by atoms with van der Waals surface area (Å²) in [5, 5.41) is 4.46. The highest BCUT2D eigenvalue weighted by Crippen LogP contribution is 2.06. The van der Waals surface area contributed by atoms with Gasteiger partial charge >= 0.3 is 0 Å². The van der Waals surface area contributed by atoms with Gasteiger partial charge in [-0.1, -0.05) is 0 Å². The molecule has 8 nitrogen and oxygen atoms in total. The van der Waals surface area contributed by atoms with Crippen molar-refractivity contribution in [1.29, 1.82) is 0 Å². The number of likely N-dealkylation sites (N-methyl/N-ethyl adjacent to an activating group) is 1. The fourth-order valence-electron chi connectivity index (χ4n) is 2.77. The van der Waals surface area contributed by atoms with Gasteiger partial charge in [0.15, 0.2) is 0 Å². The molecule has 0 radical (unpaired) electrons. The lowest BCUT2D eigenvalue weighted by Gasteiger charge is -2.35. The van der Waals surface area contributed by atoms with E-state index in [1.54, 1.807) is 4.90 Å². The molecule has 0 N–H and O–H groups in total. The number of carbonyl (C=O) groups is 1. The lowest BCUT2D eigenvalue weighted by molar-refractivity contribution is -0.132. The van der Waals surface area contributed by atoms with Crippen LogP contribution in [0.3, 0.4) is 0 Å². The quantitative estimate of drug-likeness (QED) is 0.688. The van der Waals surface area contributed by atoms with E-state index in [-0.39, 0.29) is 12.5 Å². The third-order valence-electron chi connectivity index (χ3n) is 4.38. The Balaban J connectivity index is 1.77. The maximum Gasteiger partial charge on any atom is 0.237 e. The maximum absolute atomic E-state index is 12.2. The summed E-state index contributed by atoms with van der Waals surface area (Å²) >= 11 is 0. The Morgan fingerprint density at radius 1 is 1.21 bits per heavy atom. The van der Waals surface area contributed by atoms with Crippen LogP contribution in [0.5, 0.6) is 0 Å². The minimum absolute atomic E-state index is 0.0927. The van der Waals surface area contributed by atoms with E-state index in [1.807, 2.05) is 11.6 Å². The molecule has 136 valence electrons. The van der Waals surface area contributed by atoms with Crippen molar-refractivity contribution < 1.29 is 13.2 Å². The molecule has 1 saturated heterocycles. The highest BCUT2D eigenvalue weighted by molar-refractivity contribution is 7.88. The van der Waals surface area contributed by atoms with E-state index in [9.17, 15) is 13.2 Å². The number of nitrogens with zero attached hydrogens (tertiary/aromatic N) is 5. The largest absolute Gasteiger partial charge is 0.339 e. The van der Waals surface area contributed by atoms with E-state index >= 15 is 0 Å². The van der Waals surface area contributed by atoms with E-state index in [0.29, 0.717) is 13.1 Å². The summed E-state index contributed by atoms with van der Waals surface area (Å²) in [4.78, 5) is 16.2. The zero-order valence-electron chi connectivity index (χ0n) is 14.9. The highest BCUT2D eigenvalue weighted by atomic mass is 32.2. The summed E-state index contributed by atoms with van der Waals surface area (Å²) in [6.07, 6.45) is 1.11. The van der Waals surface area contributed by atoms with Crippen LogP contribution in [0.15, 0.2) is 6.07 Å². The molecule has 9 heteroatoms. The lowest BCUT2D eigenvalue weighted by atomic mass is 10.3. The number of piperazine rings is 1. The number of carbonyl (C=O) groups excluding carboxylic acids is 1. The summed E-state index contributed by atoms with van der Waals surface area (Å²) in [6, 6.07) is 2.06. The molecule has 0 aromatic carbocycles. The first-order valence-electron chi connectivity index (χ1n) is 8.09. The second-order valence-electron chi connectivity index (χ2n) is 6.39. The van der Waals surface area contributed by atoms with Gasteiger partial charge in [0.25, 0.3) is 0 Å². The first-order chi connectivity index (χ1) is 11.2. The molecule has 0 unspecified atom stereocenters. The molecule has 0 bridgehead atoms. The van der Waals surface area contributed by atoms with E-state index < -0.39 is 10.0 Å². The van der Waals surface area contributed by atoms with E-state index in [0.717, 1.165) is 48.1 Å². The van der Waals surface area contributed by atoms with Crippen molar-refractivity contribution in [3.63, 3.8) is 0 Å². The van der Waals surface area contributed by atoms with Gasteiger partial charge in [0, 0.05) is 45.5 Å². The maximum atomic E-state index is 12.2. The van der Waals surface area contributed by atoms with Gasteiger partial charge in [0.1, 0.15) is 0 Å². The van der Waals surface area contributed by atoms with Gasteiger partial charge in [-0.05, 0) is 19.9 Å². The Hall–Kier alpha value is -1.45. The van der Waals surface area contributed by atoms with Crippen LogP contribution in [0.1, 0.15) is 11.4 Å². The van der Waals surface area contributed by atoms with Gasteiger partial charge in [-0.2, -0.15) is 9.40 Å². The van der Waals surface area contributed by atoms with Gasteiger partial charge < -0.3 is 4.90 Å². The van der Waals surface area contributed by atoms with Gasteiger partial charge in [0.05, 0.1) is 25.0 Å². The molecule has 1 aliphatic rings. The number of hydrogen-bond acceptors (Lipinski definition) is 5. The lowest BCUT2D eigenvalue weighted by Crippen LogP contribution is -2.51. The summed E-state index contributed by atoms with van der Waals surface area (Å²) in [5.74, 6) is -0.138. The molecule has 0 atom stereocenters. The predicted octanol–water partition coefficient (Wildman–Crippen LogP) is -0.464. The zero-order valence-corrected chi connectivity index (χ0v) is 15.7. The smallest absolute Gasteiger partial charge is 0.237 e. The summed E-state index contributed by atoms with van der Waals surface area (Å²) in [6.45, 7) is 8.54. The molecule has 0 aliphatic carbocycles. The fraction of sp³-hybridized carbons (Fsp3) is 0.733. The van der Waals surface area contributed by atoms with Gasteiger partial charge in [-0.25, -0.2) is 8.42 Å². The van der Waals surface area contributed by atoms with Crippen LogP contribution in [0.2, 0.25) is 0 Å². The van der Waals surface area contributed by atoms with Gasteiger partial charge in [-0.15, -0.1) is 0 Å². The fourth-order valence-corrected chi connectivity index (χ4v) is 3.11. The number of sulfonamides is 1. The van der Waals surface area contributed by atoms with Gasteiger partial charge in [0.2, 0.25) is 15.9 Å². The summed E-state index contributed by atoms with van der Waals surface area (Å²) in [5.41, 5.74) is 2.18. The van der Waals surface area contributed by atoms with Crippen molar-refractivity contribution >= 4 is 15.9 Å². The Morgan fingerprint density at radius 3 is 2.33 bits per heavy atom. The first kappa shape index (κ1) is 18.9. The zero-order chi connectivity index (χ0) is 17.9. The molecule has 1 aromatic rings. The Kier molecular flexibility index (Phi) is 6.00. The Labute approximate surface area is 144 Å². The molecule has 1 fully saturated rings. The average Bonchev–Trinajstić information content (AvgIpc) is 2.82. The standard InChI is InChI=1S/C15H27N5O3S/c1-13-11-14(2)20(16-13)10-7-18-5-8-19(9-6-18)15(21)12-17(3)24(4,22)23/h11H,5-10,12H2,1-4H3. The van der Waals surface area contributed by atoms with E-state index in [4.69, 9.17) is 0 Å². The molecule has 2 heterocycles. The molecular formula is C15H27N5O3S. The van der Waals surface area contributed by atoms with Crippen molar-refractivity contribution in [3.05, 3.63) is 17.5 Å². The van der Waals surface area contributed by atoms with Crippen LogP contribution in [0.4, 0.5) is 0 Å². The number of aryl methyl sites for hydroxylation is 2. The molecule has 0 saturated carbocycles. The predicted molar refractivity (Wildman–Crippen MR) is 92.2 cm³/mol. The molecule has 1 aromatic heterocycles. The molecule has 2 rings (SSSR count). The van der Waals surface area contributed by atoms with Crippen LogP contribution < -0.4 is 0 Å². The molecule has 1 amide bonds. The molecular weight excluding hydrogens is 330 g/mol. The molecule has 1 aliphatic heterocycles.